The Hall–Kier alpha value is -3.65. The first-order valence-electron chi connectivity index (χ1n) is 10.1. The number of rotatable bonds is 3. The molecule has 8 heteroatoms. The molecule has 1 amide bonds. The average Bonchev–Trinajstić information content (AvgIpc) is 3.19. The van der Waals surface area contributed by atoms with Crippen LogP contribution in [0.4, 0.5) is 0 Å². The van der Waals surface area contributed by atoms with E-state index in [1.165, 1.54) is 0 Å². The number of hydrogen-bond acceptors (Lipinski definition) is 5. The van der Waals surface area contributed by atoms with E-state index in [0.717, 1.165) is 27.6 Å². The van der Waals surface area contributed by atoms with E-state index in [9.17, 15) is 9.59 Å². The molecule has 0 radical (unpaired) electrons. The van der Waals surface area contributed by atoms with Gasteiger partial charge in [0, 0.05) is 29.6 Å². The van der Waals surface area contributed by atoms with Crippen molar-refractivity contribution in [2.24, 2.45) is 0 Å². The van der Waals surface area contributed by atoms with Gasteiger partial charge in [0.1, 0.15) is 5.75 Å². The van der Waals surface area contributed by atoms with Gasteiger partial charge in [-0.15, -0.1) is 0 Å². The van der Waals surface area contributed by atoms with Crippen LogP contribution in [0.1, 0.15) is 15.9 Å². The highest BCUT2D eigenvalue weighted by Crippen LogP contribution is 2.35. The first kappa shape index (κ1) is 19.3. The Morgan fingerprint density at radius 2 is 1.87 bits per heavy atom. The molecule has 2 aromatic heterocycles. The molecule has 0 spiro atoms. The standard InChI is InChI=1S/C23H22N4O4/c1-14-11-21-24-25-23(29)27(21)19-12-18(20(30-2)13-17(14)19)15-3-5-16(6-4-15)22(28)26-7-9-31-10-8-26/h3-6,11-13H,7-10H2,1-2H3,(H,25,29). The maximum absolute atomic E-state index is 12.7. The molecule has 5 rings (SSSR count). The predicted octanol–water partition coefficient (Wildman–Crippen LogP) is 2.63. The van der Waals surface area contributed by atoms with Crippen molar-refractivity contribution >= 4 is 22.5 Å². The van der Waals surface area contributed by atoms with Crippen LogP contribution in [0, 0.1) is 6.92 Å². The van der Waals surface area contributed by atoms with E-state index in [1.54, 1.807) is 16.4 Å². The molecule has 31 heavy (non-hydrogen) atoms. The molecule has 158 valence electrons. The van der Waals surface area contributed by atoms with Crippen molar-refractivity contribution in [2.45, 2.75) is 6.92 Å². The summed E-state index contributed by atoms with van der Waals surface area (Å²) >= 11 is 0. The quantitative estimate of drug-likeness (QED) is 0.553. The largest absolute Gasteiger partial charge is 0.496 e. The lowest BCUT2D eigenvalue weighted by atomic mass is 9.99. The van der Waals surface area contributed by atoms with E-state index < -0.39 is 0 Å². The topological polar surface area (TPSA) is 88.9 Å². The summed E-state index contributed by atoms with van der Waals surface area (Å²) in [5, 5.41) is 7.52. The molecule has 1 N–H and O–H groups in total. The highest BCUT2D eigenvalue weighted by Gasteiger charge is 2.19. The van der Waals surface area contributed by atoms with Crippen LogP contribution in [-0.2, 0) is 4.74 Å². The monoisotopic (exact) mass is 418 g/mol. The van der Waals surface area contributed by atoms with Gasteiger partial charge in [-0.05, 0) is 48.4 Å². The number of amides is 1. The summed E-state index contributed by atoms with van der Waals surface area (Å²) in [6.45, 7) is 4.33. The summed E-state index contributed by atoms with van der Waals surface area (Å²) in [7, 11) is 1.62. The van der Waals surface area contributed by atoms with Gasteiger partial charge in [0.25, 0.3) is 5.91 Å². The number of benzene rings is 2. The smallest absolute Gasteiger partial charge is 0.348 e. The number of morpholine rings is 1. The Balaban J connectivity index is 1.60. The molecule has 8 nitrogen and oxygen atoms in total. The summed E-state index contributed by atoms with van der Waals surface area (Å²) < 4.78 is 12.5. The first-order chi connectivity index (χ1) is 15.1. The molecule has 1 saturated heterocycles. The van der Waals surface area contributed by atoms with E-state index in [4.69, 9.17) is 9.47 Å². The molecule has 1 aliphatic heterocycles. The van der Waals surface area contributed by atoms with E-state index in [-0.39, 0.29) is 11.6 Å². The lowest BCUT2D eigenvalue weighted by molar-refractivity contribution is 0.0303. The summed E-state index contributed by atoms with van der Waals surface area (Å²) in [6, 6.07) is 13.2. The Kier molecular flexibility index (Phi) is 4.71. The van der Waals surface area contributed by atoms with E-state index in [1.807, 2.05) is 49.4 Å². The molecule has 2 aromatic carbocycles. The number of hydrogen-bond donors (Lipinski definition) is 1. The van der Waals surface area contributed by atoms with Crippen LogP contribution >= 0.6 is 0 Å². The van der Waals surface area contributed by atoms with Gasteiger partial charge in [0.15, 0.2) is 5.65 Å². The number of ether oxygens (including phenoxy) is 2. The normalized spacial score (nSPS) is 14.3. The minimum atomic E-state index is -0.289. The highest BCUT2D eigenvalue weighted by molar-refractivity contribution is 5.96. The zero-order valence-corrected chi connectivity index (χ0v) is 17.3. The summed E-state index contributed by atoms with van der Waals surface area (Å²) in [5.41, 5.74) is 4.38. The fourth-order valence-corrected chi connectivity index (χ4v) is 4.12. The number of carbonyl (C=O) groups is 1. The zero-order chi connectivity index (χ0) is 21.5. The van der Waals surface area contributed by atoms with Gasteiger partial charge < -0.3 is 14.4 Å². The van der Waals surface area contributed by atoms with Crippen LogP contribution in [0.2, 0.25) is 0 Å². The van der Waals surface area contributed by atoms with Gasteiger partial charge in [0.2, 0.25) is 0 Å². The Labute approximate surface area is 178 Å². The lowest BCUT2D eigenvalue weighted by Crippen LogP contribution is -2.40. The van der Waals surface area contributed by atoms with Crippen molar-refractivity contribution in [2.75, 3.05) is 33.4 Å². The number of H-pyrrole nitrogens is 1. The molecular weight excluding hydrogens is 396 g/mol. The molecule has 1 aliphatic rings. The number of methoxy groups -OCH3 is 1. The van der Waals surface area contributed by atoms with Crippen molar-refractivity contribution in [1.29, 1.82) is 0 Å². The fourth-order valence-electron chi connectivity index (χ4n) is 4.12. The maximum atomic E-state index is 12.7. The molecule has 0 saturated carbocycles. The first-order valence-corrected chi connectivity index (χ1v) is 10.1. The van der Waals surface area contributed by atoms with E-state index >= 15 is 0 Å². The average molecular weight is 418 g/mol. The number of nitrogens with zero attached hydrogens (tertiary/aromatic N) is 3. The third-order valence-electron chi connectivity index (χ3n) is 5.77. The second kappa shape index (κ2) is 7.55. The van der Waals surface area contributed by atoms with Crippen LogP contribution in [-0.4, -0.2) is 58.8 Å². The van der Waals surface area contributed by atoms with Crippen LogP contribution in [0.25, 0.3) is 27.7 Å². The number of nitrogens with one attached hydrogen (secondary N) is 1. The molecule has 0 bridgehead atoms. The molecule has 0 atom stereocenters. The molecule has 0 unspecified atom stereocenters. The summed E-state index contributed by atoms with van der Waals surface area (Å²) in [5.74, 6) is 0.696. The van der Waals surface area contributed by atoms with E-state index in [2.05, 4.69) is 10.2 Å². The summed E-state index contributed by atoms with van der Waals surface area (Å²) in [6.07, 6.45) is 0. The third kappa shape index (κ3) is 3.25. The van der Waals surface area contributed by atoms with Crippen LogP contribution in [0.3, 0.4) is 0 Å². The Bertz CT molecular complexity index is 1350. The fraction of sp³-hybridized carbons (Fsp3) is 0.261. The third-order valence-corrected chi connectivity index (χ3v) is 5.77. The second-order valence-electron chi connectivity index (χ2n) is 7.60. The zero-order valence-electron chi connectivity index (χ0n) is 17.3. The molecule has 0 aliphatic carbocycles. The maximum Gasteiger partial charge on any atom is 0.348 e. The van der Waals surface area contributed by atoms with Gasteiger partial charge in [-0.25, -0.2) is 14.3 Å². The van der Waals surface area contributed by atoms with E-state index in [0.29, 0.717) is 43.3 Å². The number of fused-ring (bicyclic) bond motifs is 3. The van der Waals surface area contributed by atoms with Gasteiger partial charge in [-0.3, -0.25) is 4.79 Å². The van der Waals surface area contributed by atoms with Crippen molar-refractivity contribution in [3.8, 4) is 16.9 Å². The van der Waals surface area contributed by atoms with Crippen LogP contribution in [0.5, 0.6) is 5.75 Å². The number of pyridine rings is 1. The molecule has 3 heterocycles. The lowest BCUT2D eigenvalue weighted by Gasteiger charge is -2.26. The number of aromatic nitrogens is 3. The van der Waals surface area contributed by atoms with Crippen LogP contribution < -0.4 is 10.4 Å². The van der Waals surface area contributed by atoms with Crippen molar-refractivity contribution in [3.05, 3.63) is 64.1 Å². The Morgan fingerprint density at radius 3 is 2.58 bits per heavy atom. The van der Waals surface area contributed by atoms with Gasteiger partial charge in [-0.1, -0.05) is 12.1 Å². The molecule has 4 aromatic rings. The molecule has 1 fully saturated rings. The van der Waals surface area contributed by atoms with Crippen LogP contribution in [0.15, 0.2) is 47.3 Å². The summed E-state index contributed by atoms with van der Waals surface area (Å²) in [4.78, 5) is 26.9. The van der Waals surface area contributed by atoms with Crippen molar-refractivity contribution in [1.82, 2.24) is 19.5 Å². The van der Waals surface area contributed by atoms with Gasteiger partial charge in [-0.2, -0.15) is 5.10 Å². The number of carbonyl (C=O) groups excluding carboxylic acids is 1. The predicted molar refractivity (Wildman–Crippen MR) is 117 cm³/mol. The van der Waals surface area contributed by atoms with Crippen molar-refractivity contribution in [3.63, 3.8) is 0 Å². The van der Waals surface area contributed by atoms with Gasteiger partial charge in [0.05, 0.1) is 25.8 Å². The minimum absolute atomic E-state index is 0.00242. The van der Waals surface area contributed by atoms with Gasteiger partial charge >= 0.3 is 5.69 Å². The second-order valence-corrected chi connectivity index (χ2v) is 7.60. The van der Waals surface area contributed by atoms with Crippen molar-refractivity contribution < 1.29 is 14.3 Å². The SMILES string of the molecule is COc1cc2c(C)cc3n[nH]c(=O)n3c2cc1-c1ccc(C(=O)N2CCOCC2)cc1. The highest BCUT2D eigenvalue weighted by atomic mass is 16.5. The minimum Gasteiger partial charge on any atom is -0.496 e. The molecular formula is C23H22N4O4. The number of aromatic amines is 1. The number of aryl methyl sites for hydroxylation is 1. The Morgan fingerprint density at radius 1 is 1.13 bits per heavy atom.